The van der Waals surface area contributed by atoms with Crippen molar-refractivity contribution in [3.63, 3.8) is 0 Å². The molecule has 0 aliphatic carbocycles. The predicted molar refractivity (Wildman–Crippen MR) is 65.2 cm³/mol. The van der Waals surface area contributed by atoms with E-state index in [1.54, 1.807) is 12.6 Å². The highest BCUT2D eigenvalue weighted by Crippen LogP contribution is 2.05. The molecule has 0 aromatic carbocycles. The zero-order valence-corrected chi connectivity index (χ0v) is 10.9. The average Bonchev–Trinajstić information content (AvgIpc) is 2.78. The zero-order chi connectivity index (χ0) is 13.8. The van der Waals surface area contributed by atoms with Crippen molar-refractivity contribution in [1.82, 2.24) is 15.2 Å². The van der Waals surface area contributed by atoms with Crippen molar-refractivity contribution in [3.8, 4) is 0 Å². The minimum atomic E-state index is -1.98. The van der Waals surface area contributed by atoms with Gasteiger partial charge in [-0.15, -0.1) is 11.3 Å². The molecular formula is C10H15N3O4S. The Bertz CT molecular complexity index is 419. The summed E-state index contributed by atoms with van der Waals surface area (Å²) in [6.45, 7) is 1.09. The SMILES string of the molecule is CN(Cc1cscn1)C(=O)NCC(C)(O)C(=O)O. The molecule has 0 spiro atoms. The second-order valence-electron chi connectivity index (χ2n) is 4.07. The number of amides is 2. The number of rotatable bonds is 5. The first-order chi connectivity index (χ1) is 8.33. The highest BCUT2D eigenvalue weighted by atomic mass is 32.1. The fraction of sp³-hybridized carbons (Fsp3) is 0.500. The molecule has 1 rings (SSSR count). The van der Waals surface area contributed by atoms with Gasteiger partial charge in [0.25, 0.3) is 0 Å². The zero-order valence-electron chi connectivity index (χ0n) is 10.1. The summed E-state index contributed by atoms with van der Waals surface area (Å²) in [4.78, 5) is 27.6. The first-order valence-electron chi connectivity index (χ1n) is 5.15. The first-order valence-corrected chi connectivity index (χ1v) is 6.09. The van der Waals surface area contributed by atoms with Gasteiger partial charge < -0.3 is 20.4 Å². The number of thiazole rings is 1. The third-order valence-electron chi connectivity index (χ3n) is 2.27. The normalized spacial score (nSPS) is 13.7. The number of aliphatic carboxylic acids is 1. The third kappa shape index (κ3) is 3.97. The van der Waals surface area contributed by atoms with Crippen LogP contribution in [0.4, 0.5) is 4.79 Å². The van der Waals surface area contributed by atoms with Crippen LogP contribution < -0.4 is 5.32 Å². The molecule has 0 aliphatic heterocycles. The lowest BCUT2D eigenvalue weighted by atomic mass is 10.1. The lowest BCUT2D eigenvalue weighted by molar-refractivity contribution is -0.155. The van der Waals surface area contributed by atoms with Crippen molar-refractivity contribution in [2.45, 2.75) is 19.1 Å². The lowest BCUT2D eigenvalue weighted by Crippen LogP contribution is -2.49. The Morgan fingerprint density at radius 1 is 1.61 bits per heavy atom. The summed E-state index contributed by atoms with van der Waals surface area (Å²) >= 11 is 1.43. The molecule has 2 amide bonds. The summed E-state index contributed by atoms with van der Waals surface area (Å²) in [5.74, 6) is -1.38. The van der Waals surface area contributed by atoms with E-state index in [-0.39, 0.29) is 6.54 Å². The number of nitrogens with one attached hydrogen (secondary N) is 1. The number of aliphatic hydroxyl groups is 1. The van der Waals surface area contributed by atoms with E-state index in [2.05, 4.69) is 10.3 Å². The van der Waals surface area contributed by atoms with Crippen LogP contribution in [-0.2, 0) is 11.3 Å². The van der Waals surface area contributed by atoms with Crippen LogP contribution in [0.5, 0.6) is 0 Å². The van der Waals surface area contributed by atoms with Crippen LogP contribution in [-0.4, -0.2) is 51.3 Å². The van der Waals surface area contributed by atoms with Gasteiger partial charge in [-0.2, -0.15) is 0 Å². The molecule has 1 heterocycles. The van der Waals surface area contributed by atoms with E-state index in [9.17, 15) is 14.7 Å². The number of urea groups is 1. The minimum Gasteiger partial charge on any atom is -0.479 e. The maximum Gasteiger partial charge on any atom is 0.337 e. The molecule has 0 saturated heterocycles. The molecule has 0 saturated carbocycles. The predicted octanol–water partition coefficient (Wildman–Crippen LogP) is 0.120. The minimum absolute atomic E-state index is 0.324. The van der Waals surface area contributed by atoms with Gasteiger partial charge in [0.15, 0.2) is 5.60 Å². The summed E-state index contributed by atoms with van der Waals surface area (Å²) in [7, 11) is 1.56. The van der Waals surface area contributed by atoms with Crippen LogP contribution in [0, 0.1) is 0 Å². The molecule has 0 fully saturated rings. The highest BCUT2D eigenvalue weighted by molar-refractivity contribution is 7.07. The number of carboxylic acids is 1. The van der Waals surface area contributed by atoms with Crippen molar-refractivity contribution >= 4 is 23.3 Å². The van der Waals surface area contributed by atoms with E-state index >= 15 is 0 Å². The van der Waals surface area contributed by atoms with Gasteiger partial charge in [0.05, 0.1) is 24.3 Å². The van der Waals surface area contributed by atoms with Crippen LogP contribution in [0.25, 0.3) is 0 Å². The number of aromatic nitrogens is 1. The number of carbonyl (C=O) groups excluding carboxylic acids is 1. The van der Waals surface area contributed by atoms with Crippen molar-refractivity contribution in [2.75, 3.05) is 13.6 Å². The fourth-order valence-electron chi connectivity index (χ4n) is 1.09. The first kappa shape index (κ1) is 14.4. The Morgan fingerprint density at radius 3 is 2.78 bits per heavy atom. The molecule has 1 aromatic heterocycles. The quantitative estimate of drug-likeness (QED) is 0.707. The molecule has 100 valence electrons. The van der Waals surface area contributed by atoms with Gasteiger partial charge >= 0.3 is 12.0 Å². The summed E-state index contributed by atoms with van der Waals surface area (Å²) in [6, 6.07) is -0.468. The van der Waals surface area contributed by atoms with Crippen molar-refractivity contribution in [1.29, 1.82) is 0 Å². The molecule has 0 bridgehead atoms. The van der Waals surface area contributed by atoms with Gasteiger partial charge in [0, 0.05) is 12.4 Å². The van der Waals surface area contributed by atoms with Gasteiger partial charge in [-0.25, -0.2) is 14.6 Å². The largest absolute Gasteiger partial charge is 0.479 e. The number of carboxylic acid groups (broad SMARTS) is 1. The number of carbonyl (C=O) groups is 2. The van der Waals surface area contributed by atoms with Crippen LogP contribution in [0.3, 0.4) is 0 Å². The van der Waals surface area contributed by atoms with E-state index in [1.165, 1.54) is 16.2 Å². The highest BCUT2D eigenvalue weighted by Gasteiger charge is 2.30. The van der Waals surface area contributed by atoms with E-state index in [4.69, 9.17) is 5.11 Å². The Morgan fingerprint density at radius 2 is 2.28 bits per heavy atom. The molecular weight excluding hydrogens is 258 g/mol. The summed E-state index contributed by atoms with van der Waals surface area (Å²) in [6.07, 6.45) is 0. The van der Waals surface area contributed by atoms with Gasteiger partial charge in [-0.05, 0) is 6.92 Å². The maximum absolute atomic E-state index is 11.6. The van der Waals surface area contributed by atoms with Crippen molar-refractivity contribution in [3.05, 3.63) is 16.6 Å². The van der Waals surface area contributed by atoms with Crippen LogP contribution in [0.1, 0.15) is 12.6 Å². The van der Waals surface area contributed by atoms with E-state index in [0.29, 0.717) is 6.54 Å². The van der Waals surface area contributed by atoms with Gasteiger partial charge in [0.1, 0.15) is 0 Å². The Labute approximate surface area is 108 Å². The van der Waals surface area contributed by atoms with E-state index < -0.39 is 17.6 Å². The summed E-state index contributed by atoms with van der Waals surface area (Å²) in [5.41, 5.74) is 0.440. The van der Waals surface area contributed by atoms with Gasteiger partial charge in [0.2, 0.25) is 0 Å². The van der Waals surface area contributed by atoms with Gasteiger partial charge in [-0.1, -0.05) is 0 Å². The van der Waals surface area contributed by atoms with Gasteiger partial charge in [-0.3, -0.25) is 0 Å². The van der Waals surface area contributed by atoms with E-state index in [1.807, 2.05) is 5.38 Å². The monoisotopic (exact) mass is 273 g/mol. The number of hydrogen-bond donors (Lipinski definition) is 3. The molecule has 7 nitrogen and oxygen atoms in total. The Balaban J connectivity index is 2.43. The second kappa shape index (κ2) is 5.78. The molecule has 1 unspecified atom stereocenters. The van der Waals surface area contributed by atoms with Crippen molar-refractivity contribution < 1.29 is 19.8 Å². The molecule has 0 aliphatic rings. The second-order valence-corrected chi connectivity index (χ2v) is 4.79. The third-order valence-corrected chi connectivity index (χ3v) is 2.91. The molecule has 1 aromatic rings. The summed E-state index contributed by atoms with van der Waals surface area (Å²) in [5, 5.41) is 22.3. The summed E-state index contributed by atoms with van der Waals surface area (Å²) < 4.78 is 0. The fourth-order valence-corrected chi connectivity index (χ4v) is 1.64. The van der Waals surface area contributed by atoms with Crippen molar-refractivity contribution in [2.24, 2.45) is 0 Å². The van der Waals surface area contributed by atoms with Crippen LogP contribution >= 0.6 is 11.3 Å². The molecule has 0 radical (unpaired) electrons. The number of nitrogens with zero attached hydrogens (tertiary/aromatic N) is 2. The molecule has 8 heteroatoms. The van der Waals surface area contributed by atoms with Crippen LogP contribution in [0.2, 0.25) is 0 Å². The Kier molecular flexibility index (Phi) is 4.62. The average molecular weight is 273 g/mol. The standard InChI is InChI=1S/C10H15N3O4S/c1-10(17,8(14)15)5-11-9(16)13(2)3-7-4-18-6-12-7/h4,6,17H,3,5H2,1-2H3,(H,11,16)(H,14,15). The van der Waals surface area contributed by atoms with Crippen LogP contribution in [0.15, 0.2) is 10.9 Å². The topological polar surface area (TPSA) is 103 Å². The maximum atomic E-state index is 11.6. The molecule has 3 N–H and O–H groups in total. The lowest BCUT2D eigenvalue weighted by Gasteiger charge is -2.21. The Hall–Kier alpha value is -1.67. The molecule has 1 atom stereocenters. The molecule has 18 heavy (non-hydrogen) atoms. The smallest absolute Gasteiger partial charge is 0.337 e. The number of hydrogen-bond acceptors (Lipinski definition) is 5. The van der Waals surface area contributed by atoms with E-state index in [0.717, 1.165) is 12.6 Å².